The van der Waals surface area contributed by atoms with Crippen LogP contribution in [0.1, 0.15) is 16.2 Å². The molecule has 13 heteroatoms. The molecule has 0 fully saturated rings. The number of primary amides is 1. The number of nitrogens with one attached hydrogen (secondary N) is 1. The first-order valence-electron chi connectivity index (χ1n) is 9.22. The molecule has 3 N–H and O–H groups in total. The summed E-state index contributed by atoms with van der Waals surface area (Å²) in [5.74, 6) is -0.416. The van der Waals surface area contributed by atoms with Crippen molar-refractivity contribution in [2.24, 2.45) is 12.8 Å². The molecule has 0 saturated carbocycles. The topological polar surface area (TPSA) is 104 Å². The third-order valence-corrected chi connectivity index (χ3v) is 5.18. The third-order valence-electron chi connectivity index (χ3n) is 4.57. The highest BCUT2D eigenvalue weighted by molar-refractivity contribution is 6.37. The molecule has 4 rings (SSSR count). The van der Waals surface area contributed by atoms with Crippen LogP contribution in [0.25, 0.3) is 17.1 Å². The van der Waals surface area contributed by atoms with E-state index in [1.165, 1.54) is 40.8 Å². The number of pyridine rings is 1. The van der Waals surface area contributed by atoms with Crippen LogP contribution in [-0.4, -0.2) is 30.2 Å². The van der Waals surface area contributed by atoms with E-state index in [-0.39, 0.29) is 23.0 Å². The molecule has 0 aliphatic heterocycles. The number of carbonyl (C=O) groups is 1. The molecule has 0 radical (unpaired) electrons. The number of alkyl halides is 3. The van der Waals surface area contributed by atoms with E-state index in [1.54, 1.807) is 18.2 Å². The number of hydrogen-bond donors (Lipinski definition) is 2. The standard InChI is InChI=1S/C20H14Cl2F3N7O/c1-31-9-14(20(23,24)25)29-19(31)10-5-6-15(27-7-10)28-13-8-32(30-16(13)18(26)33)17-11(21)3-2-4-12(17)22/h2-9H,1H3,(H2,26,33)(H,27,28). The summed E-state index contributed by atoms with van der Waals surface area (Å²) in [7, 11) is 1.46. The van der Waals surface area contributed by atoms with E-state index in [4.69, 9.17) is 28.9 Å². The van der Waals surface area contributed by atoms with Crippen LogP contribution in [0.15, 0.2) is 48.9 Å². The number of nitrogens with zero attached hydrogens (tertiary/aromatic N) is 5. The number of halogens is 5. The Kier molecular flexibility index (Phi) is 5.76. The van der Waals surface area contributed by atoms with E-state index in [0.717, 1.165) is 6.20 Å². The Hall–Kier alpha value is -3.57. The lowest BCUT2D eigenvalue weighted by Crippen LogP contribution is -2.14. The highest BCUT2D eigenvalue weighted by Gasteiger charge is 2.34. The number of anilines is 2. The molecule has 3 aromatic heterocycles. The first-order valence-corrected chi connectivity index (χ1v) is 9.98. The number of nitrogens with two attached hydrogens (primary N) is 1. The van der Waals surface area contributed by atoms with Crippen LogP contribution in [0.4, 0.5) is 24.7 Å². The summed E-state index contributed by atoms with van der Waals surface area (Å²) in [6.07, 6.45) is -0.836. The van der Waals surface area contributed by atoms with Gasteiger partial charge >= 0.3 is 6.18 Å². The molecule has 1 aromatic carbocycles. The molecule has 0 unspecified atom stereocenters. The number of imidazole rings is 1. The minimum absolute atomic E-state index is 0.0872. The number of hydrogen-bond acceptors (Lipinski definition) is 5. The van der Waals surface area contributed by atoms with Gasteiger partial charge in [0.1, 0.15) is 17.3 Å². The highest BCUT2D eigenvalue weighted by Crippen LogP contribution is 2.32. The summed E-state index contributed by atoms with van der Waals surface area (Å²) < 4.78 is 41.3. The quantitative estimate of drug-likeness (QED) is 0.412. The van der Waals surface area contributed by atoms with Crippen LogP contribution in [-0.2, 0) is 13.2 Å². The average Bonchev–Trinajstić information content (AvgIpc) is 3.32. The van der Waals surface area contributed by atoms with Gasteiger partial charge in [0, 0.05) is 25.0 Å². The second kappa shape index (κ2) is 8.41. The predicted molar refractivity (Wildman–Crippen MR) is 117 cm³/mol. The molecule has 0 bridgehead atoms. The lowest BCUT2D eigenvalue weighted by atomic mass is 10.2. The summed E-state index contributed by atoms with van der Waals surface area (Å²) in [6, 6.07) is 7.95. The van der Waals surface area contributed by atoms with Crippen LogP contribution in [0.2, 0.25) is 10.0 Å². The van der Waals surface area contributed by atoms with Crippen molar-refractivity contribution < 1.29 is 18.0 Å². The number of para-hydroxylation sites is 1. The van der Waals surface area contributed by atoms with Gasteiger partial charge in [-0.25, -0.2) is 14.6 Å². The number of carbonyl (C=O) groups excluding carboxylic acids is 1. The van der Waals surface area contributed by atoms with Gasteiger partial charge in [0.15, 0.2) is 11.4 Å². The van der Waals surface area contributed by atoms with Gasteiger partial charge in [0.05, 0.1) is 21.9 Å². The fourth-order valence-corrected chi connectivity index (χ4v) is 3.65. The molecular weight excluding hydrogens is 482 g/mol. The van der Waals surface area contributed by atoms with Gasteiger partial charge in [-0.15, -0.1) is 0 Å². The number of benzene rings is 1. The summed E-state index contributed by atoms with van der Waals surface area (Å²) in [4.78, 5) is 19.7. The number of aryl methyl sites for hydroxylation is 1. The lowest BCUT2D eigenvalue weighted by molar-refractivity contribution is -0.140. The minimum Gasteiger partial charge on any atom is -0.364 e. The van der Waals surface area contributed by atoms with Crippen molar-refractivity contribution in [1.82, 2.24) is 24.3 Å². The Balaban J connectivity index is 1.64. The largest absolute Gasteiger partial charge is 0.434 e. The molecule has 1 amide bonds. The first-order chi connectivity index (χ1) is 15.5. The minimum atomic E-state index is -4.55. The Morgan fingerprint density at radius 1 is 1.12 bits per heavy atom. The first kappa shape index (κ1) is 22.6. The molecule has 0 atom stereocenters. The van der Waals surface area contributed by atoms with Crippen molar-refractivity contribution in [3.05, 3.63) is 70.4 Å². The van der Waals surface area contributed by atoms with Crippen molar-refractivity contribution >= 4 is 40.6 Å². The van der Waals surface area contributed by atoms with E-state index in [2.05, 4.69) is 20.4 Å². The van der Waals surface area contributed by atoms with Crippen LogP contribution in [0.5, 0.6) is 0 Å². The van der Waals surface area contributed by atoms with Gasteiger partial charge in [-0.05, 0) is 24.3 Å². The van der Waals surface area contributed by atoms with Gasteiger partial charge in [-0.1, -0.05) is 29.3 Å². The maximum absolute atomic E-state index is 12.9. The summed E-state index contributed by atoms with van der Waals surface area (Å²) in [6.45, 7) is 0. The molecular formula is C20H14Cl2F3N7O. The molecule has 0 aliphatic carbocycles. The highest BCUT2D eigenvalue weighted by atomic mass is 35.5. The van der Waals surface area contributed by atoms with Crippen molar-refractivity contribution in [2.75, 3.05) is 5.32 Å². The van der Waals surface area contributed by atoms with Gasteiger partial charge in [-0.2, -0.15) is 18.3 Å². The monoisotopic (exact) mass is 495 g/mol. The van der Waals surface area contributed by atoms with E-state index < -0.39 is 17.8 Å². The summed E-state index contributed by atoms with van der Waals surface area (Å²) in [5.41, 5.74) is 5.31. The fourth-order valence-electron chi connectivity index (χ4n) is 3.08. The van der Waals surface area contributed by atoms with Gasteiger partial charge < -0.3 is 15.6 Å². The molecule has 4 aromatic rings. The number of aromatic nitrogens is 5. The zero-order chi connectivity index (χ0) is 23.9. The Labute approximate surface area is 194 Å². The van der Waals surface area contributed by atoms with Gasteiger partial charge in [0.2, 0.25) is 0 Å². The van der Waals surface area contributed by atoms with Crippen LogP contribution >= 0.6 is 23.2 Å². The Morgan fingerprint density at radius 3 is 2.36 bits per heavy atom. The molecule has 3 heterocycles. The smallest absolute Gasteiger partial charge is 0.364 e. The van der Waals surface area contributed by atoms with Crippen molar-refractivity contribution in [1.29, 1.82) is 0 Å². The van der Waals surface area contributed by atoms with E-state index in [9.17, 15) is 18.0 Å². The van der Waals surface area contributed by atoms with Crippen molar-refractivity contribution in [3.8, 4) is 17.1 Å². The second-order valence-electron chi connectivity index (χ2n) is 6.89. The summed E-state index contributed by atoms with van der Waals surface area (Å²) >= 11 is 12.4. The Bertz CT molecular complexity index is 1330. The van der Waals surface area contributed by atoms with Crippen molar-refractivity contribution in [2.45, 2.75) is 6.18 Å². The number of amides is 1. The predicted octanol–water partition coefficient (Wildman–Crippen LogP) is 4.84. The normalized spacial score (nSPS) is 11.6. The zero-order valence-corrected chi connectivity index (χ0v) is 18.2. The molecule has 170 valence electrons. The van der Waals surface area contributed by atoms with Crippen LogP contribution in [0.3, 0.4) is 0 Å². The van der Waals surface area contributed by atoms with E-state index >= 15 is 0 Å². The fraction of sp³-hybridized carbons (Fsp3) is 0.100. The van der Waals surface area contributed by atoms with E-state index in [1.807, 2.05) is 0 Å². The van der Waals surface area contributed by atoms with Crippen molar-refractivity contribution in [3.63, 3.8) is 0 Å². The average molecular weight is 496 g/mol. The van der Waals surface area contributed by atoms with Gasteiger partial charge in [-0.3, -0.25) is 4.79 Å². The maximum atomic E-state index is 12.9. The number of rotatable bonds is 5. The Morgan fingerprint density at radius 2 is 1.82 bits per heavy atom. The molecule has 8 nitrogen and oxygen atoms in total. The van der Waals surface area contributed by atoms with Crippen LogP contribution < -0.4 is 11.1 Å². The van der Waals surface area contributed by atoms with Gasteiger partial charge in [0.25, 0.3) is 5.91 Å². The molecule has 0 aliphatic rings. The SMILES string of the molecule is Cn1cc(C(F)(F)F)nc1-c1ccc(Nc2cn(-c3c(Cl)cccc3Cl)nc2C(N)=O)nc1. The second-order valence-corrected chi connectivity index (χ2v) is 7.70. The lowest BCUT2D eigenvalue weighted by Gasteiger charge is -2.07. The zero-order valence-electron chi connectivity index (χ0n) is 16.7. The van der Waals surface area contributed by atoms with Crippen LogP contribution in [0, 0.1) is 0 Å². The maximum Gasteiger partial charge on any atom is 0.434 e. The third kappa shape index (κ3) is 4.50. The molecule has 33 heavy (non-hydrogen) atoms. The summed E-state index contributed by atoms with van der Waals surface area (Å²) in [5, 5.41) is 7.70. The molecule has 0 spiro atoms. The molecule has 0 saturated heterocycles. The van der Waals surface area contributed by atoms with E-state index in [0.29, 0.717) is 21.3 Å².